The van der Waals surface area contributed by atoms with Gasteiger partial charge in [-0.25, -0.2) is 4.68 Å². The van der Waals surface area contributed by atoms with Crippen LogP contribution >= 0.6 is 0 Å². The number of likely N-dealkylation sites (tertiary alicyclic amines) is 1. The van der Waals surface area contributed by atoms with Gasteiger partial charge in [-0.15, -0.1) is 0 Å². The molecule has 2 atom stereocenters. The number of rotatable bonds is 7. The van der Waals surface area contributed by atoms with E-state index in [1.165, 1.54) is 17.4 Å². The molecule has 3 aromatic rings. The number of benzene rings is 1. The summed E-state index contributed by atoms with van der Waals surface area (Å²) in [5.74, 6) is -2.54. The molecule has 1 aromatic carbocycles. The van der Waals surface area contributed by atoms with Crippen molar-refractivity contribution in [3.63, 3.8) is 0 Å². The molecule has 0 bridgehead atoms. The van der Waals surface area contributed by atoms with Gasteiger partial charge in [-0.1, -0.05) is 18.2 Å². The van der Waals surface area contributed by atoms with Gasteiger partial charge in [0.05, 0.1) is 42.6 Å². The fraction of sp³-hybridized carbons (Fsp3) is 0.360. The summed E-state index contributed by atoms with van der Waals surface area (Å²) in [6.45, 7) is 5.50. The van der Waals surface area contributed by atoms with E-state index in [-0.39, 0.29) is 0 Å². The zero-order chi connectivity index (χ0) is 23.7. The molecule has 2 saturated heterocycles. The van der Waals surface area contributed by atoms with Gasteiger partial charge in [-0.2, -0.15) is 5.10 Å². The normalized spacial score (nSPS) is 21.4. The zero-order valence-corrected chi connectivity index (χ0v) is 18.9. The largest absolute Gasteiger partial charge is 0.467 e. The molecule has 2 fully saturated rings. The van der Waals surface area contributed by atoms with Gasteiger partial charge in [0.25, 0.3) is 5.91 Å². The smallest absolute Gasteiger partial charge is 0.291 e. The number of nitrogens with zero attached hydrogens (tertiary/aromatic N) is 4. The molecule has 1 amide bonds. The molecule has 34 heavy (non-hydrogen) atoms. The maximum atomic E-state index is 13.7. The number of amides is 1. The molecule has 4 heterocycles. The highest BCUT2D eigenvalue weighted by Gasteiger charge is 2.53. The minimum absolute atomic E-state index is 0.321. The van der Waals surface area contributed by atoms with E-state index >= 15 is 0 Å². The van der Waals surface area contributed by atoms with E-state index in [1.807, 2.05) is 30.3 Å². The summed E-state index contributed by atoms with van der Waals surface area (Å²) >= 11 is 0. The Morgan fingerprint density at radius 2 is 1.82 bits per heavy atom. The number of Topliss-reactive ketones (excluding diaryl/α,β-unsaturated/α-hetero) is 2. The lowest BCUT2D eigenvalue weighted by Crippen LogP contribution is -2.42. The fourth-order valence-electron chi connectivity index (χ4n) is 4.73. The Kier molecular flexibility index (Phi) is 6.12. The molecule has 0 saturated carbocycles. The van der Waals surface area contributed by atoms with Crippen molar-refractivity contribution < 1.29 is 23.5 Å². The number of furan rings is 1. The van der Waals surface area contributed by atoms with Crippen LogP contribution < -0.4 is 0 Å². The average molecular weight is 463 g/mol. The second-order valence-electron chi connectivity index (χ2n) is 8.51. The predicted octanol–water partition coefficient (Wildman–Crippen LogP) is 2.06. The molecule has 2 aliphatic heterocycles. The van der Waals surface area contributed by atoms with E-state index in [4.69, 9.17) is 9.15 Å². The summed E-state index contributed by atoms with van der Waals surface area (Å²) in [6, 6.07) is 12.1. The second-order valence-corrected chi connectivity index (χ2v) is 8.51. The van der Waals surface area contributed by atoms with Crippen molar-refractivity contribution in [2.45, 2.75) is 13.0 Å². The van der Waals surface area contributed by atoms with E-state index in [1.54, 1.807) is 23.7 Å². The van der Waals surface area contributed by atoms with E-state index < -0.39 is 29.4 Å². The molecule has 9 heteroatoms. The molecule has 0 N–H and O–H groups in total. The maximum absolute atomic E-state index is 13.7. The predicted molar refractivity (Wildman–Crippen MR) is 122 cm³/mol. The molecule has 9 nitrogen and oxygen atoms in total. The van der Waals surface area contributed by atoms with Crippen LogP contribution in [0.5, 0.6) is 0 Å². The molecule has 5 rings (SSSR count). The van der Waals surface area contributed by atoms with Crippen molar-refractivity contribution in [2.75, 3.05) is 39.4 Å². The number of hydrogen-bond donors (Lipinski definition) is 0. The first-order valence-electron chi connectivity index (χ1n) is 11.4. The van der Waals surface area contributed by atoms with Gasteiger partial charge in [0.1, 0.15) is 17.7 Å². The lowest BCUT2D eigenvalue weighted by Gasteiger charge is -2.30. The van der Waals surface area contributed by atoms with Gasteiger partial charge in [-0.3, -0.25) is 19.3 Å². The quantitative estimate of drug-likeness (QED) is 0.301. The Morgan fingerprint density at radius 1 is 1.06 bits per heavy atom. The number of morpholine rings is 1. The lowest BCUT2D eigenvalue weighted by molar-refractivity contribution is -0.141. The number of hydrogen-bond acceptors (Lipinski definition) is 7. The highest BCUT2D eigenvalue weighted by molar-refractivity contribution is 6.44. The number of ketones is 2. The SMILES string of the molecule is Cc1c(C(=O)C2C(=O)C(=O)N(CCN3CCOCC3)C2c2ccco2)cnn1-c1ccccc1. The summed E-state index contributed by atoms with van der Waals surface area (Å²) in [7, 11) is 0. The van der Waals surface area contributed by atoms with Crippen LogP contribution in [0.3, 0.4) is 0 Å². The fourth-order valence-corrected chi connectivity index (χ4v) is 4.73. The third-order valence-electron chi connectivity index (χ3n) is 6.56. The van der Waals surface area contributed by atoms with Crippen LogP contribution in [-0.2, 0) is 14.3 Å². The van der Waals surface area contributed by atoms with Crippen molar-refractivity contribution in [2.24, 2.45) is 5.92 Å². The number of carbonyl (C=O) groups is 3. The van der Waals surface area contributed by atoms with E-state index in [2.05, 4.69) is 10.00 Å². The number of ether oxygens (including phenoxy) is 1. The average Bonchev–Trinajstić information content (AvgIpc) is 3.58. The maximum Gasteiger partial charge on any atom is 0.291 e. The molecule has 0 spiro atoms. The summed E-state index contributed by atoms with van der Waals surface area (Å²) in [5, 5.41) is 4.37. The highest BCUT2D eigenvalue weighted by atomic mass is 16.5. The molecule has 2 aromatic heterocycles. The minimum Gasteiger partial charge on any atom is -0.467 e. The summed E-state index contributed by atoms with van der Waals surface area (Å²) in [5.41, 5.74) is 1.74. The van der Waals surface area contributed by atoms with Crippen LogP contribution in [0.2, 0.25) is 0 Å². The van der Waals surface area contributed by atoms with Crippen molar-refractivity contribution in [3.8, 4) is 5.69 Å². The number of aromatic nitrogens is 2. The van der Waals surface area contributed by atoms with Gasteiger partial charge in [0, 0.05) is 26.2 Å². The van der Waals surface area contributed by atoms with Crippen LogP contribution in [0.1, 0.15) is 27.9 Å². The topological polar surface area (TPSA) is 97.9 Å². The minimum atomic E-state index is -1.18. The summed E-state index contributed by atoms with van der Waals surface area (Å²) < 4.78 is 12.7. The Balaban J connectivity index is 1.45. The first kappa shape index (κ1) is 22.2. The van der Waals surface area contributed by atoms with Crippen molar-refractivity contribution in [1.82, 2.24) is 19.6 Å². The van der Waals surface area contributed by atoms with E-state index in [9.17, 15) is 14.4 Å². The van der Waals surface area contributed by atoms with Crippen LogP contribution in [0, 0.1) is 12.8 Å². The van der Waals surface area contributed by atoms with Gasteiger partial charge in [-0.05, 0) is 31.2 Å². The van der Waals surface area contributed by atoms with E-state index in [0.29, 0.717) is 43.3 Å². The van der Waals surface area contributed by atoms with Crippen molar-refractivity contribution in [3.05, 3.63) is 71.9 Å². The molecular formula is C25H26N4O5. The molecule has 2 unspecified atom stereocenters. The van der Waals surface area contributed by atoms with Gasteiger partial charge < -0.3 is 14.1 Å². The van der Waals surface area contributed by atoms with Crippen LogP contribution in [0.15, 0.2) is 59.3 Å². The third-order valence-corrected chi connectivity index (χ3v) is 6.56. The van der Waals surface area contributed by atoms with E-state index in [0.717, 1.165) is 18.8 Å². The summed E-state index contributed by atoms with van der Waals surface area (Å²) in [6.07, 6.45) is 2.96. The van der Waals surface area contributed by atoms with Gasteiger partial charge in [0.2, 0.25) is 5.78 Å². The number of para-hydroxylation sites is 1. The van der Waals surface area contributed by atoms with Gasteiger partial charge >= 0.3 is 0 Å². The van der Waals surface area contributed by atoms with Gasteiger partial charge in [0.15, 0.2) is 5.78 Å². The molecule has 0 aliphatic carbocycles. The first-order chi connectivity index (χ1) is 16.6. The monoisotopic (exact) mass is 462 g/mol. The first-order valence-corrected chi connectivity index (χ1v) is 11.4. The molecule has 2 aliphatic rings. The molecular weight excluding hydrogens is 436 g/mol. The third kappa shape index (κ3) is 3.97. The van der Waals surface area contributed by atoms with Crippen molar-refractivity contribution >= 4 is 17.5 Å². The Morgan fingerprint density at radius 3 is 2.53 bits per heavy atom. The Hall–Kier alpha value is -3.56. The lowest BCUT2D eigenvalue weighted by atomic mass is 9.89. The highest BCUT2D eigenvalue weighted by Crippen LogP contribution is 2.38. The molecule has 0 radical (unpaired) electrons. The second kappa shape index (κ2) is 9.36. The van der Waals surface area contributed by atoms with Crippen LogP contribution in [0.4, 0.5) is 0 Å². The Labute approximate surface area is 196 Å². The Bertz CT molecular complexity index is 1180. The van der Waals surface area contributed by atoms with Crippen LogP contribution in [0.25, 0.3) is 5.69 Å². The molecule has 176 valence electrons. The standard InChI is InChI=1S/C25H26N4O5/c1-17-19(16-26-29(17)18-6-3-2-4-7-18)23(30)21-22(20-8-5-13-34-20)28(25(32)24(21)31)10-9-27-11-14-33-15-12-27/h2-8,13,16,21-22H,9-12,14-15H2,1H3. The summed E-state index contributed by atoms with van der Waals surface area (Å²) in [4.78, 5) is 43.6. The van der Waals surface area contributed by atoms with Crippen molar-refractivity contribution in [1.29, 1.82) is 0 Å². The van der Waals surface area contributed by atoms with Crippen LogP contribution in [-0.4, -0.2) is 76.4 Å². The number of carbonyl (C=O) groups excluding carboxylic acids is 3. The zero-order valence-electron chi connectivity index (χ0n) is 18.9.